The van der Waals surface area contributed by atoms with Gasteiger partial charge in [0.25, 0.3) is 0 Å². The molecule has 0 fully saturated rings. The molecule has 1 aromatic rings. The van der Waals surface area contributed by atoms with Gasteiger partial charge in [-0.3, -0.25) is 0 Å². The second kappa shape index (κ2) is 6.68. The Morgan fingerprint density at radius 1 is 1.24 bits per heavy atom. The molecule has 0 saturated carbocycles. The number of nitrogens with one attached hydrogen (secondary N) is 1. The van der Waals surface area contributed by atoms with Gasteiger partial charge in [-0.1, -0.05) is 23.2 Å². The average molecular weight is 298 g/mol. The maximum absolute atomic E-state index is 9.28. The summed E-state index contributed by atoms with van der Waals surface area (Å²) in [7, 11) is -1.68. The van der Waals surface area contributed by atoms with Crippen LogP contribution in [0.1, 0.15) is 0 Å². The first kappa shape index (κ1) is 14.9. The summed E-state index contributed by atoms with van der Waals surface area (Å²) in [5, 5.41) is 30.7. The maximum atomic E-state index is 9.28. The number of halogens is 3. The summed E-state index contributed by atoms with van der Waals surface area (Å²) in [5.74, 6) is 0.0910. The zero-order valence-electron chi connectivity index (χ0n) is 8.70. The normalized spacial score (nSPS) is 12.4. The Labute approximate surface area is 114 Å². The van der Waals surface area contributed by atoms with Crippen molar-refractivity contribution >= 4 is 53.1 Å². The van der Waals surface area contributed by atoms with Crippen LogP contribution in [-0.2, 0) is 0 Å². The van der Waals surface area contributed by atoms with Gasteiger partial charge in [-0.25, -0.2) is 0 Å². The van der Waals surface area contributed by atoms with Gasteiger partial charge in [0, 0.05) is 17.0 Å². The standard InChI is InChI=1S/C9H11BCl3NO3/c11-3-5(15)4-14-9-1-6(10(16)17)7(12)2-8(9)13/h1-2,5,14-17H,3-4H2. The van der Waals surface area contributed by atoms with E-state index in [0.717, 1.165) is 0 Å². The number of hydrogen-bond acceptors (Lipinski definition) is 4. The van der Waals surface area contributed by atoms with Gasteiger partial charge in [0.15, 0.2) is 0 Å². The van der Waals surface area contributed by atoms with Crippen molar-refractivity contribution in [1.82, 2.24) is 0 Å². The molecule has 1 unspecified atom stereocenters. The van der Waals surface area contributed by atoms with E-state index in [2.05, 4.69) is 5.32 Å². The third-order valence-electron chi connectivity index (χ3n) is 2.07. The highest BCUT2D eigenvalue weighted by Gasteiger charge is 2.18. The van der Waals surface area contributed by atoms with E-state index in [0.29, 0.717) is 10.7 Å². The molecule has 8 heteroatoms. The molecule has 0 aromatic heterocycles. The lowest BCUT2D eigenvalue weighted by molar-refractivity contribution is 0.211. The van der Waals surface area contributed by atoms with Gasteiger partial charge in [-0.15, -0.1) is 11.6 Å². The van der Waals surface area contributed by atoms with Gasteiger partial charge >= 0.3 is 7.12 Å². The van der Waals surface area contributed by atoms with Crippen LogP contribution in [0.4, 0.5) is 5.69 Å². The molecule has 4 nitrogen and oxygen atoms in total. The Balaban J connectivity index is 2.88. The van der Waals surface area contributed by atoms with E-state index in [1.165, 1.54) is 12.1 Å². The first-order valence-corrected chi connectivity index (χ1v) is 6.07. The zero-order chi connectivity index (χ0) is 13.0. The molecule has 0 spiro atoms. The van der Waals surface area contributed by atoms with Crippen molar-refractivity contribution in [3.8, 4) is 0 Å². The molecule has 4 N–H and O–H groups in total. The highest BCUT2D eigenvalue weighted by Crippen LogP contribution is 2.24. The minimum atomic E-state index is -1.68. The van der Waals surface area contributed by atoms with Crippen molar-refractivity contribution in [2.24, 2.45) is 0 Å². The zero-order valence-corrected chi connectivity index (χ0v) is 11.0. The fraction of sp³-hybridized carbons (Fsp3) is 0.333. The summed E-state index contributed by atoms with van der Waals surface area (Å²) in [4.78, 5) is 0. The van der Waals surface area contributed by atoms with Crippen LogP contribution in [0.2, 0.25) is 10.0 Å². The Morgan fingerprint density at radius 3 is 2.41 bits per heavy atom. The van der Waals surface area contributed by atoms with E-state index in [1.807, 2.05) is 0 Å². The van der Waals surface area contributed by atoms with Gasteiger partial charge in [0.05, 0.1) is 22.7 Å². The van der Waals surface area contributed by atoms with Crippen molar-refractivity contribution in [2.45, 2.75) is 6.10 Å². The third kappa shape index (κ3) is 4.21. The number of alkyl halides is 1. The van der Waals surface area contributed by atoms with Crippen molar-refractivity contribution in [3.63, 3.8) is 0 Å². The molecule has 17 heavy (non-hydrogen) atoms. The molecule has 0 amide bonds. The SMILES string of the molecule is OB(O)c1cc(NCC(O)CCl)c(Cl)cc1Cl. The molecule has 1 atom stereocenters. The molecule has 1 rings (SSSR count). The van der Waals surface area contributed by atoms with Crippen LogP contribution in [-0.4, -0.2) is 40.8 Å². The summed E-state index contributed by atoms with van der Waals surface area (Å²) in [6, 6.07) is 2.81. The van der Waals surface area contributed by atoms with Crippen LogP contribution in [0, 0.1) is 0 Å². The Kier molecular flexibility index (Phi) is 5.86. The van der Waals surface area contributed by atoms with E-state index in [4.69, 9.17) is 44.9 Å². The van der Waals surface area contributed by atoms with Gasteiger partial charge in [0.1, 0.15) is 0 Å². The lowest BCUT2D eigenvalue weighted by Gasteiger charge is -2.13. The Bertz CT molecular complexity index is 392. The van der Waals surface area contributed by atoms with Gasteiger partial charge in [-0.05, 0) is 12.1 Å². The summed E-state index contributed by atoms with van der Waals surface area (Å²) in [6.45, 7) is 0.200. The van der Waals surface area contributed by atoms with E-state index in [1.54, 1.807) is 0 Å². The fourth-order valence-corrected chi connectivity index (χ4v) is 1.84. The van der Waals surface area contributed by atoms with Crippen molar-refractivity contribution in [2.75, 3.05) is 17.7 Å². The predicted octanol–water partition coefficient (Wildman–Crippen LogP) is 0.685. The van der Waals surface area contributed by atoms with Crippen molar-refractivity contribution < 1.29 is 15.2 Å². The molecule has 94 valence electrons. The molecule has 0 heterocycles. The largest absolute Gasteiger partial charge is 0.490 e. The number of aliphatic hydroxyl groups excluding tert-OH is 1. The lowest BCUT2D eigenvalue weighted by Crippen LogP contribution is -2.31. The van der Waals surface area contributed by atoms with E-state index in [-0.39, 0.29) is 22.9 Å². The second-order valence-electron chi connectivity index (χ2n) is 3.42. The molecule has 0 saturated heterocycles. The van der Waals surface area contributed by atoms with Crippen molar-refractivity contribution in [1.29, 1.82) is 0 Å². The van der Waals surface area contributed by atoms with Crippen LogP contribution < -0.4 is 10.8 Å². The van der Waals surface area contributed by atoms with Crippen molar-refractivity contribution in [3.05, 3.63) is 22.2 Å². The summed E-state index contributed by atoms with van der Waals surface area (Å²) in [5.41, 5.74) is 0.585. The van der Waals surface area contributed by atoms with Gasteiger partial charge < -0.3 is 20.5 Å². The average Bonchev–Trinajstić information content (AvgIpc) is 2.26. The van der Waals surface area contributed by atoms with E-state index in [9.17, 15) is 5.11 Å². The highest BCUT2D eigenvalue weighted by molar-refractivity contribution is 6.63. The maximum Gasteiger partial charge on any atom is 0.490 e. The molecule has 0 radical (unpaired) electrons. The van der Waals surface area contributed by atoms with Gasteiger partial charge in [-0.2, -0.15) is 0 Å². The fourth-order valence-electron chi connectivity index (χ4n) is 1.18. The summed E-state index contributed by atoms with van der Waals surface area (Å²) < 4.78 is 0. The second-order valence-corrected chi connectivity index (χ2v) is 4.54. The topological polar surface area (TPSA) is 72.7 Å². The molecule has 0 aliphatic carbocycles. The first-order valence-electron chi connectivity index (χ1n) is 4.78. The monoisotopic (exact) mass is 297 g/mol. The highest BCUT2D eigenvalue weighted by atomic mass is 35.5. The molecule has 0 aliphatic rings. The Hall–Kier alpha value is -0.165. The van der Waals surface area contributed by atoms with Crippen LogP contribution >= 0.6 is 34.8 Å². The summed E-state index contributed by atoms with van der Waals surface area (Å²) >= 11 is 17.1. The van der Waals surface area contributed by atoms with Crippen LogP contribution in [0.25, 0.3) is 0 Å². The van der Waals surface area contributed by atoms with Crippen LogP contribution in [0.15, 0.2) is 12.1 Å². The smallest absolute Gasteiger partial charge is 0.423 e. The molecule has 0 aliphatic heterocycles. The number of aliphatic hydroxyl groups is 1. The first-order chi connectivity index (χ1) is 7.95. The van der Waals surface area contributed by atoms with E-state index < -0.39 is 13.2 Å². The molecular formula is C9H11BCl3NO3. The molecular weight excluding hydrogens is 287 g/mol. The molecule has 0 bridgehead atoms. The third-order valence-corrected chi connectivity index (χ3v) is 3.07. The number of anilines is 1. The number of benzene rings is 1. The lowest BCUT2D eigenvalue weighted by atomic mass is 9.80. The number of hydrogen-bond donors (Lipinski definition) is 4. The van der Waals surface area contributed by atoms with Gasteiger partial charge in [0.2, 0.25) is 0 Å². The van der Waals surface area contributed by atoms with Crippen LogP contribution in [0.3, 0.4) is 0 Å². The predicted molar refractivity (Wildman–Crippen MR) is 71.5 cm³/mol. The Morgan fingerprint density at radius 2 is 1.88 bits per heavy atom. The number of rotatable bonds is 5. The molecule has 1 aromatic carbocycles. The minimum absolute atomic E-state index is 0.0910. The summed E-state index contributed by atoms with van der Waals surface area (Å²) in [6.07, 6.45) is -0.717. The minimum Gasteiger partial charge on any atom is -0.423 e. The quantitative estimate of drug-likeness (QED) is 0.477. The van der Waals surface area contributed by atoms with Crippen LogP contribution in [0.5, 0.6) is 0 Å². The van der Waals surface area contributed by atoms with E-state index >= 15 is 0 Å².